The van der Waals surface area contributed by atoms with Crippen molar-refractivity contribution in [3.63, 3.8) is 0 Å². The van der Waals surface area contributed by atoms with Gasteiger partial charge in [0, 0.05) is 31.4 Å². The summed E-state index contributed by atoms with van der Waals surface area (Å²) in [7, 11) is 0. The number of hydrogen-bond acceptors (Lipinski definition) is 3. The van der Waals surface area contributed by atoms with Gasteiger partial charge in [-0.05, 0) is 36.3 Å². The Kier molecular flexibility index (Phi) is 3.31. The lowest BCUT2D eigenvalue weighted by molar-refractivity contribution is -0.143. The Morgan fingerprint density at radius 1 is 1.37 bits per heavy atom. The van der Waals surface area contributed by atoms with Crippen molar-refractivity contribution in [1.29, 1.82) is 0 Å². The van der Waals surface area contributed by atoms with E-state index in [2.05, 4.69) is 11.4 Å². The molecule has 3 rings (SSSR count). The number of carbonyl (C=O) groups is 2. The number of rotatable bonds is 1. The molecular weight excluding hydrogens is 260 g/mol. The first-order chi connectivity index (χ1) is 9.16. The van der Waals surface area contributed by atoms with Gasteiger partial charge in [-0.3, -0.25) is 9.59 Å². The maximum absolute atomic E-state index is 12.6. The summed E-state index contributed by atoms with van der Waals surface area (Å²) in [5.41, 5.74) is 1.27. The van der Waals surface area contributed by atoms with E-state index in [1.807, 2.05) is 4.90 Å². The maximum Gasteiger partial charge on any atom is 0.245 e. The molecule has 2 aliphatic rings. The molecule has 1 fully saturated rings. The quantitative estimate of drug-likeness (QED) is 0.783. The zero-order valence-corrected chi connectivity index (χ0v) is 11.9. The van der Waals surface area contributed by atoms with Gasteiger partial charge >= 0.3 is 0 Å². The number of carbonyl (C=O) groups excluding carboxylic acids is 2. The van der Waals surface area contributed by atoms with E-state index in [1.54, 1.807) is 23.2 Å². The second-order valence-corrected chi connectivity index (χ2v) is 6.25. The van der Waals surface area contributed by atoms with Gasteiger partial charge in [0.15, 0.2) is 0 Å². The third kappa shape index (κ3) is 2.27. The second-order valence-electron chi connectivity index (χ2n) is 5.25. The number of likely N-dealkylation sites (tertiary alicyclic amines) is 1. The van der Waals surface area contributed by atoms with Crippen LogP contribution in [0.4, 0.5) is 0 Å². The lowest BCUT2D eigenvalue weighted by atomic mass is 10.1. The summed E-state index contributed by atoms with van der Waals surface area (Å²) < 4.78 is 0. The van der Waals surface area contributed by atoms with Crippen molar-refractivity contribution >= 4 is 23.2 Å². The number of amides is 2. The molecule has 0 aromatic carbocycles. The van der Waals surface area contributed by atoms with E-state index in [9.17, 15) is 9.59 Å². The van der Waals surface area contributed by atoms with Crippen LogP contribution in [0.25, 0.3) is 0 Å². The monoisotopic (exact) mass is 278 g/mol. The molecule has 102 valence electrons. The molecular formula is C14H18N2O2S. The predicted octanol–water partition coefficient (Wildman–Crippen LogP) is 1.64. The van der Waals surface area contributed by atoms with Crippen LogP contribution in [-0.4, -0.2) is 40.7 Å². The van der Waals surface area contributed by atoms with Gasteiger partial charge in [-0.1, -0.05) is 0 Å². The Labute approximate surface area is 117 Å². The van der Waals surface area contributed by atoms with Crippen molar-refractivity contribution in [2.75, 3.05) is 13.1 Å². The smallest absolute Gasteiger partial charge is 0.245 e. The van der Waals surface area contributed by atoms with Crippen LogP contribution in [0.15, 0.2) is 11.4 Å². The first-order valence-corrected chi connectivity index (χ1v) is 7.66. The van der Waals surface area contributed by atoms with E-state index in [4.69, 9.17) is 0 Å². The number of nitrogens with zero attached hydrogens (tertiary/aromatic N) is 2. The summed E-state index contributed by atoms with van der Waals surface area (Å²) in [6, 6.07) is 1.88. The van der Waals surface area contributed by atoms with Gasteiger partial charge in [-0.15, -0.1) is 11.3 Å². The van der Waals surface area contributed by atoms with Crippen LogP contribution < -0.4 is 0 Å². The van der Waals surface area contributed by atoms with E-state index in [-0.39, 0.29) is 17.9 Å². The number of thiophene rings is 1. The molecule has 2 amide bonds. The lowest BCUT2D eigenvalue weighted by Crippen LogP contribution is -2.48. The Morgan fingerprint density at radius 3 is 3.00 bits per heavy atom. The van der Waals surface area contributed by atoms with E-state index in [0.717, 1.165) is 32.4 Å². The van der Waals surface area contributed by atoms with Crippen molar-refractivity contribution in [3.8, 4) is 0 Å². The van der Waals surface area contributed by atoms with Crippen LogP contribution in [0, 0.1) is 0 Å². The molecule has 0 radical (unpaired) electrons. The highest BCUT2D eigenvalue weighted by atomic mass is 32.1. The minimum Gasteiger partial charge on any atom is -0.336 e. The Balaban J connectivity index is 1.73. The standard InChI is InChI=1S/C14H18N2O2S/c1-10(17)16-6-2-3-12(16)14(18)15-7-4-13-11(9-15)5-8-19-13/h5,8,12H,2-4,6-7,9H2,1H3/t12-/m1/s1. The topological polar surface area (TPSA) is 40.6 Å². The minimum absolute atomic E-state index is 0.0177. The van der Waals surface area contributed by atoms with Gasteiger partial charge in [0.05, 0.1) is 0 Å². The highest BCUT2D eigenvalue weighted by Crippen LogP contribution is 2.26. The van der Waals surface area contributed by atoms with Crippen LogP contribution in [0.3, 0.4) is 0 Å². The molecule has 1 saturated heterocycles. The van der Waals surface area contributed by atoms with Crippen molar-refractivity contribution in [3.05, 3.63) is 21.9 Å². The lowest BCUT2D eigenvalue weighted by Gasteiger charge is -2.32. The minimum atomic E-state index is -0.224. The van der Waals surface area contributed by atoms with Gasteiger partial charge in [-0.2, -0.15) is 0 Å². The Morgan fingerprint density at radius 2 is 2.21 bits per heavy atom. The molecule has 3 heterocycles. The molecule has 1 aromatic heterocycles. The van der Waals surface area contributed by atoms with Crippen LogP contribution in [0.5, 0.6) is 0 Å². The Bertz CT molecular complexity index is 511. The number of hydrogen-bond donors (Lipinski definition) is 0. The van der Waals surface area contributed by atoms with Crippen LogP contribution in [0.1, 0.15) is 30.2 Å². The molecule has 0 spiro atoms. The van der Waals surface area contributed by atoms with Crippen molar-refractivity contribution < 1.29 is 9.59 Å². The van der Waals surface area contributed by atoms with Crippen molar-refractivity contribution in [2.24, 2.45) is 0 Å². The van der Waals surface area contributed by atoms with E-state index in [1.165, 1.54) is 10.4 Å². The molecule has 0 unspecified atom stereocenters. The maximum atomic E-state index is 12.6. The summed E-state index contributed by atoms with van der Waals surface area (Å²) in [6.45, 7) is 3.77. The molecule has 1 atom stereocenters. The third-order valence-electron chi connectivity index (χ3n) is 4.06. The van der Waals surface area contributed by atoms with Crippen molar-refractivity contribution in [1.82, 2.24) is 9.80 Å². The zero-order valence-electron chi connectivity index (χ0n) is 11.1. The fraction of sp³-hybridized carbons (Fsp3) is 0.571. The largest absolute Gasteiger partial charge is 0.336 e. The normalized spacial score (nSPS) is 22.5. The molecule has 0 saturated carbocycles. The first kappa shape index (κ1) is 12.7. The summed E-state index contributed by atoms with van der Waals surface area (Å²) >= 11 is 1.77. The average Bonchev–Trinajstić information content (AvgIpc) is 3.05. The molecule has 1 aromatic rings. The van der Waals surface area contributed by atoms with Crippen LogP contribution >= 0.6 is 11.3 Å². The van der Waals surface area contributed by atoms with E-state index < -0.39 is 0 Å². The van der Waals surface area contributed by atoms with Gasteiger partial charge in [0.25, 0.3) is 0 Å². The first-order valence-electron chi connectivity index (χ1n) is 6.78. The highest BCUT2D eigenvalue weighted by Gasteiger charge is 2.36. The van der Waals surface area contributed by atoms with Crippen molar-refractivity contribution in [2.45, 2.75) is 38.8 Å². The summed E-state index contributed by atoms with van der Waals surface area (Å²) in [4.78, 5) is 29.2. The molecule has 2 aliphatic heterocycles. The second kappa shape index (κ2) is 4.96. The molecule has 0 N–H and O–H groups in total. The fourth-order valence-electron chi connectivity index (χ4n) is 3.05. The van der Waals surface area contributed by atoms with Crippen LogP contribution in [-0.2, 0) is 22.6 Å². The van der Waals surface area contributed by atoms with Gasteiger partial charge in [0.1, 0.15) is 6.04 Å². The third-order valence-corrected chi connectivity index (χ3v) is 5.08. The predicted molar refractivity (Wildman–Crippen MR) is 73.8 cm³/mol. The molecule has 5 heteroatoms. The fourth-order valence-corrected chi connectivity index (χ4v) is 3.94. The SMILES string of the molecule is CC(=O)N1CCC[C@@H]1C(=O)N1CCc2sccc2C1. The molecule has 4 nitrogen and oxygen atoms in total. The van der Waals surface area contributed by atoms with Gasteiger partial charge in [0.2, 0.25) is 11.8 Å². The molecule has 19 heavy (non-hydrogen) atoms. The summed E-state index contributed by atoms with van der Waals surface area (Å²) in [6.07, 6.45) is 2.70. The van der Waals surface area contributed by atoms with E-state index in [0.29, 0.717) is 6.54 Å². The van der Waals surface area contributed by atoms with Gasteiger partial charge in [-0.25, -0.2) is 0 Å². The highest BCUT2D eigenvalue weighted by molar-refractivity contribution is 7.10. The van der Waals surface area contributed by atoms with Crippen LogP contribution in [0.2, 0.25) is 0 Å². The molecule has 0 bridgehead atoms. The summed E-state index contributed by atoms with van der Waals surface area (Å²) in [5, 5.41) is 2.09. The average molecular weight is 278 g/mol. The van der Waals surface area contributed by atoms with E-state index >= 15 is 0 Å². The van der Waals surface area contributed by atoms with Gasteiger partial charge < -0.3 is 9.80 Å². The summed E-state index contributed by atoms with van der Waals surface area (Å²) in [5.74, 6) is 0.147. The number of fused-ring (bicyclic) bond motifs is 1. The zero-order chi connectivity index (χ0) is 13.4. The Hall–Kier alpha value is -1.36. The molecule has 0 aliphatic carbocycles.